The Bertz CT molecular complexity index is 1290. The maximum Gasteiger partial charge on any atom is 0.299 e. The number of nitrogens with zero attached hydrogens (tertiary/aromatic N) is 1. The van der Waals surface area contributed by atoms with E-state index in [-0.39, 0.29) is 24.6 Å². The number of hydrogen-bond donors (Lipinski definition) is 2. The molecule has 3 aromatic carbocycles. The maximum atomic E-state index is 14.4. The molecule has 1 aliphatic rings. The number of sulfonamides is 1. The quantitative estimate of drug-likeness (QED) is 0.531. The minimum absolute atomic E-state index is 0.110. The largest absolute Gasteiger partial charge is 0.457 e. The van der Waals surface area contributed by atoms with Crippen molar-refractivity contribution in [1.82, 2.24) is 4.72 Å². The maximum absolute atomic E-state index is 14.4. The molecule has 0 amide bonds. The summed E-state index contributed by atoms with van der Waals surface area (Å²) in [5, 5.41) is 8.46. The molecule has 1 saturated heterocycles. The van der Waals surface area contributed by atoms with E-state index in [1.54, 1.807) is 38.1 Å². The first-order chi connectivity index (χ1) is 16.2. The third-order valence-corrected chi connectivity index (χ3v) is 7.69. The second-order valence-electron chi connectivity index (χ2n) is 8.71. The number of halogens is 1. The smallest absolute Gasteiger partial charge is 0.299 e. The van der Waals surface area contributed by atoms with Gasteiger partial charge in [-0.2, -0.15) is 0 Å². The van der Waals surface area contributed by atoms with Gasteiger partial charge in [0.15, 0.2) is 0 Å². The van der Waals surface area contributed by atoms with E-state index in [2.05, 4.69) is 9.71 Å². The van der Waals surface area contributed by atoms with E-state index in [0.29, 0.717) is 5.56 Å². The number of aliphatic hydroxyl groups excluding tert-OH is 1. The second-order valence-corrected chi connectivity index (χ2v) is 10.5. The Labute approximate surface area is 199 Å². The Morgan fingerprint density at radius 3 is 2.38 bits per heavy atom. The highest BCUT2D eigenvalue weighted by Gasteiger charge is 2.48. The molecular weight excluding hydrogens is 455 g/mol. The third kappa shape index (κ3) is 4.98. The van der Waals surface area contributed by atoms with Gasteiger partial charge in [-0.15, -0.1) is 0 Å². The van der Waals surface area contributed by atoms with Gasteiger partial charge in [-0.3, -0.25) is 0 Å². The van der Waals surface area contributed by atoms with Crippen LogP contribution in [0.2, 0.25) is 0 Å². The highest BCUT2D eigenvalue weighted by molar-refractivity contribution is 7.90. The lowest BCUT2D eigenvalue weighted by Crippen LogP contribution is -2.53. The van der Waals surface area contributed by atoms with Gasteiger partial charge in [0.25, 0.3) is 6.02 Å². The summed E-state index contributed by atoms with van der Waals surface area (Å²) >= 11 is 0. The van der Waals surface area contributed by atoms with Crippen molar-refractivity contribution < 1.29 is 22.7 Å². The second kappa shape index (κ2) is 9.56. The first-order valence-electron chi connectivity index (χ1n) is 11.0. The Morgan fingerprint density at radius 1 is 1.03 bits per heavy atom. The SMILES string of the molecule is CC1(C)OC(=N[C@@H](CCO)c2ccccc2F)NS(=O)(=O)C1c1cccc(-c2ccccc2)c1. The average molecular weight is 483 g/mol. The molecule has 2 atom stereocenters. The third-order valence-electron chi connectivity index (χ3n) is 5.77. The van der Waals surface area contributed by atoms with E-state index in [4.69, 9.17) is 4.74 Å². The Kier molecular flexibility index (Phi) is 6.72. The predicted octanol–water partition coefficient (Wildman–Crippen LogP) is 4.74. The molecule has 0 aliphatic carbocycles. The fourth-order valence-corrected chi connectivity index (χ4v) is 6.08. The summed E-state index contributed by atoms with van der Waals surface area (Å²) in [6.45, 7) is 3.12. The summed E-state index contributed by atoms with van der Waals surface area (Å²) in [5.74, 6) is -0.487. The monoisotopic (exact) mass is 482 g/mol. The van der Waals surface area contributed by atoms with Gasteiger partial charge in [-0.25, -0.2) is 22.5 Å². The van der Waals surface area contributed by atoms with Gasteiger partial charge in [-0.1, -0.05) is 66.7 Å². The molecule has 0 saturated carbocycles. The molecule has 1 unspecified atom stereocenters. The zero-order valence-electron chi connectivity index (χ0n) is 19.0. The molecule has 1 fully saturated rings. The van der Waals surface area contributed by atoms with Crippen LogP contribution in [0, 0.1) is 5.82 Å². The van der Waals surface area contributed by atoms with E-state index < -0.39 is 32.7 Å². The zero-order valence-corrected chi connectivity index (χ0v) is 19.8. The van der Waals surface area contributed by atoms with Crippen LogP contribution < -0.4 is 4.72 Å². The van der Waals surface area contributed by atoms with E-state index in [9.17, 15) is 17.9 Å². The zero-order chi connectivity index (χ0) is 24.3. The molecule has 0 radical (unpaired) electrons. The summed E-state index contributed by atoms with van der Waals surface area (Å²) in [5.41, 5.74) is 1.53. The molecule has 0 bridgehead atoms. The van der Waals surface area contributed by atoms with Crippen LogP contribution in [0.5, 0.6) is 0 Å². The van der Waals surface area contributed by atoms with Gasteiger partial charge in [0, 0.05) is 12.2 Å². The first-order valence-corrected chi connectivity index (χ1v) is 12.5. The van der Waals surface area contributed by atoms with Gasteiger partial charge in [0.05, 0.1) is 6.04 Å². The van der Waals surface area contributed by atoms with Crippen molar-refractivity contribution in [2.45, 2.75) is 37.2 Å². The average Bonchev–Trinajstić information content (AvgIpc) is 2.78. The predicted molar refractivity (Wildman–Crippen MR) is 130 cm³/mol. The van der Waals surface area contributed by atoms with Crippen LogP contribution in [0.1, 0.15) is 42.7 Å². The number of amidine groups is 1. The van der Waals surface area contributed by atoms with Crippen LogP contribution in [0.25, 0.3) is 11.1 Å². The molecule has 178 valence electrons. The number of nitrogens with one attached hydrogen (secondary N) is 1. The molecule has 4 rings (SSSR count). The van der Waals surface area contributed by atoms with Crippen molar-refractivity contribution in [2.75, 3.05) is 6.61 Å². The first kappa shape index (κ1) is 23.9. The number of aliphatic imine (C=N–C) groups is 1. The normalized spacial score (nSPS) is 20.8. The molecule has 34 heavy (non-hydrogen) atoms. The van der Waals surface area contributed by atoms with Crippen LogP contribution in [0.15, 0.2) is 83.9 Å². The molecule has 1 heterocycles. The van der Waals surface area contributed by atoms with E-state index in [1.165, 1.54) is 6.07 Å². The molecule has 6 nitrogen and oxygen atoms in total. The van der Waals surface area contributed by atoms with Crippen molar-refractivity contribution in [3.8, 4) is 11.1 Å². The van der Waals surface area contributed by atoms with Crippen molar-refractivity contribution in [2.24, 2.45) is 4.99 Å². The minimum Gasteiger partial charge on any atom is -0.457 e. The molecule has 0 spiro atoms. The van der Waals surface area contributed by atoms with E-state index >= 15 is 0 Å². The number of hydrogen-bond acceptors (Lipinski definition) is 5. The van der Waals surface area contributed by atoms with E-state index in [1.807, 2.05) is 48.5 Å². The topological polar surface area (TPSA) is 88.0 Å². The van der Waals surface area contributed by atoms with Crippen LogP contribution in [-0.2, 0) is 14.8 Å². The number of aliphatic hydroxyl groups is 1. The lowest BCUT2D eigenvalue weighted by Gasteiger charge is -2.39. The summed E-state index contributed by atoms with van der Waals surface area (Å²) in [4.78, 5) is 4.35. The van der Waals surface area contributed by atoms with Crippen LogP contribution >= 0.6 is 0 Å². The van der Waals surface area contributed by atoms with Crippen molar-refractivity contribution in [3.63, 3.8) is 0 Å². The highest BCUT2D eigenvalue weighted by Crippen LogP contribution is 2.40. The summed E-state index contributed by atoms with van der Waals surface area (Å²) < 4.78 is 49.6. The molecular formula is C26H27FN2O4S. The van der Waals surface area contributed by atoms with Gasteiger partial charge >= 0.3 is 0 Å². The summed E-state index contributed by atoms with van der Waals surface area (Å²) in [6.07, 6.45) is 0.110. The molecule has 2 N–H and O–H groups in total. The van der Waals surface area contributed by atoms with Crippen LogP contribution in [-0.4, -0.2) is 31.8 Å². The van der Waals surface area contributed by atoms with Crippen LogP contribution in [0.4, 0.5) is 4.39 Å². The fourth-order valence-electron chi connectivity index (χ4n) is 4.32. The van der Waals surface area contributed by atoms with E-state index in [0.717, 1.165) is 11.1 Å². The molecule has 8 heteroatoms. The lowest BCUT2D eigenvalue weighted by atomic mass is 9.94. The van der Waals surface area contributed by atoms with Gasteiger partial charge in [0.2, 0.25) is 10.0 Å². The van der Waals surface area contributed by atoms with Crippen LogP contribution in [0.3, 0.4) is 0 Å². The van der Waals surface area contributed by atoms with Crippen molar-refractivity contribution in [1.29, 1.82) is 0 Å². The minimum atomic E-state index is -3.95. The molecule has 0 aromatic heterocycles. The van der Waals surface area contributed by atoms with Gasteiger partial charge < -0.3 is 9.84 Å². The standard InChI is InChI=1S/C26H27FN2O4S/c1-26(2)24(20-12-8-11-19(17-20)18-9-4-3-5-10-18)34(31,32)29-25(33-26)28-23(15-16-30)21-13-6-7-14-22(21)27/h3-14,17,23-24,30H,15-16H2,1-2H3,(H,28,29)/t23-,24?/m0/s1. The molecule has 1 aliphatic heterocycles. The number of benzene rings is 3. The van der Waals surface area contributed by atoms with Gasteiger partial charge in [-0.05, 0) is 49.1 Å². The Morgan fingerprint density at radius 2 is 1.71 bits per heavy atom. The Balaban J connectivity index is 1.69. The Hall–Kier alpha value is -3.23. The lowest BCUT2D eigenvalue weighted by molar-refractivity contribution is 0.0759. The van der Waals surface area contributed by atoms with Crippen molar-refractivity contribution >= 4 is 16.0 Å². The fraction of sp³-hybridized carbons (Fsp3) is 0.269. The number of ether oxygens (including phenoxy) is 1. The summed E-state index contributed by atoms with van der Waals surface area (Å²) in [6, 6.07) is 22.1. The highest BCUT2D eigenvalue weighted by atomic mass is 32.2. The van der Waals surface area contributed by atoms with Gasteiger partial charge in [0.1, 0.15) is 16.7 Å². The summed E-state index contributed by atoms with van der Waals surface area (Å²) in [7, 11) is -3.95. The van der Waals surface area contributed by atoms with Crippen molar-refractivity contribution in [3.05, 3.63) is 95.8 Å². The molecule has 3 aromatic rings. The number of rotatable bonds is 6.